The third kappa shape index (κ3) is 6.71. The van der Waals surface area contributed by atoms with Crippen molar-refractivity contribution in [3.63, 3.8) is 0 Å². The van der Waals surface area contributed by atoms with Gasteiger partial charge >= 0.3 is 0 Å². The van der Waals surface area contributed by atoms with E-state index in [4.69, 9.17) is 0 Å². The largest absolute Gasteiger partial charge is 0.315 e. The summed E-state index contributed by atoms with van der Waals surface area (Å²) in [6, 6.07) is 0.522. The summed E-state index contributed by atoms with van der Waals surface area (Å²) in [7, 11) is -1.41. The molecule has 0 aromatic carbocycles. The summed E-state index contributed by atoms with van der Waals surface area (Å²) in [5.74, 6) is 0.591. The highest BCUT2D eigenvalue weighted by molar-refractivity contribution is 7.89. The third-order valence-corrected chi connectivity index (χ3v) is 5.37. The first-order valence-corrected chi connectivity index (χ1v) is 8.48. The highest BCUT2D eigenvalue weighted by atomic mass is 32.2. The zero-order chi connectivity index (χ0) is 14.3. The Labute approximate surface area is 113 Å². The number of hydrogen-bond donors (Lipinski definition) is 1. The minimum atomic E-state index is -3.10. The Kier molecular flexibility index (Phi) is 8.06. The standard InChI is InChI=1S/C13H30N2O2S/c1-11(2)13(5)15(6)18(16,17)10-8-7-9-14-12(3)4/h11-14H,7-10H2,1-6H3. The zero-order valence-electron chi connectivity index (χ0n) is 12.7. The van der Waals surface area contributed by atoms with Crippen LogP contribution in [0.4, 0.5) is 0 Å². The molecule has 0 aromatic heterocycles. The Morgan fingerprint density at radius 1 is 1.06 bits per heavy atom. The number of nitrogens with zero attached hydrogens (tertiary/aromatic N) is 1. The third-order valence-electron chi connectivity index (χ3n) is 3.36. The lowest BCUT2D eigenvalue weighted by atomic mass is 10.1. The highest BCUT2D eigenvalue weighted by Crippen LogP contribution is 2.13. The van der Waals surface area contributed by atoms with E-state index in [0.717, 1.165) is 19.4 Å². The van der Waals surface area contributed by atoms with Crippen molar-refractivity contribution < 1.29 is 8.42 Å². The van der Waals surface area contributed by atoms with Crippen molar-refractivity contribution in [1.82, 2.24) is 9.62 Å². The maximum atomic E-state index is 12.1. The van der Waals surface area contributed by atoms with Gasteiger partial charge in [-0.15, -0.1) is 0 Å². The van der Waals surface area contributed by atoms with Crippen LogP contribution in [0, 0.1) is 5.92 Å². The Hall–Kier alpha value is -0.130. The molecule has 0 aliphatic carbocycles. The van der Waals surface area contributed by atoms with E-state index < -0.39 is 10.0 Å². The normalized spacial score (nSPS) is 14.7. The van der Waals surface area contributed by atoms with Crippen molar-refractivity contribution >= 4 is 10.0 Å². The van der Waals surface area contributed by atoms with E-state index in [2.05, 4.69) is 19.2 Å². The molecule has 0 saturated carbocycles. The maximum absolute atomic E-state index is 12.1. The summed E-state index contributed by atoms with van der Waals surface area (Å²) in [4.78, 5) is 0. The average Bonchev–Trinajstić information content (AvgIpc) is 2.25. The van der Waals surface area contributed by atoms with Gasteiger partial charge in [0, 0.05) is 19.1 Å². The molecule has 0 heterocycles. The van der Waals surface area contributed by atoms with Crippen LogP contribution in [0.5, 0.6) is 0 Å². The molecular weight excluding hydrogens is 248 g/mol. The number of sulfonamides is 1. The summed E-state index contributed by atoms with van der Waals surface area (Å²) < 4.78 is 25.7. The number of hydrogen-bond acceptors (Lipinski definition) is 3. The van der Waals surface area contributed by atoms with Crippen LogP contribution in [0.2, 0.25) is 0 Å². The molecule has 1 N–H and O–H groups in total. The molecule has 0 amide bonds. The van der Waals surface area contributed by atoms with Gasteiger partial charge in [0.2, 0.25) is 10.0 Å². The van der Waals surface area contributed by atoms with Gasteiger partial charge in [-0.25, -0.2) is 12.7 Å². The summed E-state index contributed by atoms with van der Waals surface area (Å²) in [6.45, 7) is 11.1. The van der Waals surface area contributed by atoms with Crippen LogP contribution in [0.15, 0.2) is 0 Å². The smallest absolute Gasteiger partial charge is 0.214 e. The van der Waals surface area contributed by atoms with Crippen LogP contribution in [-0.2, 0) is 10.0 Å². The molecule has 0 rings (SSSR count). The Balaban J connectivity index is 4.08. The van der Waals surface area contributed by atoms with Gasteiger partial charge in [0.25, 0.3) is 0 Å². The SMILES string of the molecule is CC(C)NCCCCS(=O)(=O)N(C)C(C)C(C)C. The van der Waals surface area contributed by atoms with E-state index in [1.54, 1.807) is 7.05 Å². The van der Waals surface area contributed by atoms with Crippen LogP contribution in [0.1, 0.15) is 47.5 Å². The van der Waals surface area contributed by atoms with Gasteiger partial charge in [-0.2, -0.15) is 0 Å². The Morgan fingerprint density at radius 2 is 1.61 bits per heavy atom. The molecule has 5 heteroatoms. The fourth-order valence-corrected chi connectivity index (χ4v) is 3.22. The van der Waals surface area contributed by atoms with Gasteiger partial charge in [0.1, 0.15) is 0 Å². The van der Waals surface area contributed by atoms with E-state index in [1.165, 1.54) is 4.31 Å². The van der Waals surface area contributed by atoms with E-state index >= 15 is 0 Å². The topological polar surface area (TPSA) is 49.4 Å². The molecule has 0 aliphatic heterocycles. The van der Waals surface area contributed by atoms with E-state index in [0.29, 0.717) is 12.0 Å². The summed E-state index contributed by atoms with van der Waals surface area (Å²) in [6.07, 6.45) is 1.62. The van der Waals surface area contributed by atoms with Crippen molar-refractivity contribution in [2.24, 2.45) is 5.92 Å². The molecule has 0 bridgehead atoms. The number of nitrogens with one attached hydrogen (secondary N) is 1. The van der Waals surface area contributed by atoms with Gasteiger partial charge in [-0.1, -0.05) is 27.7 Å². The van der Waals surface area contributed by atoms with Gasteiger partial charge in [-0.3, -0.25) is 0 Å². The molecule has 0 radical (unpaired) electrons. The van der Waals surface area contributed by atoms with Gasteiger partial charge < -0.3 is 5.32 Å². The highest BCUT2D eigenvalue weighted by Gasteiger charge is 2.24. The molecule has 18 heavy (non-hydrogen) atoms. The summed E-state index contributed by atoms with van der Waals surface area (Å²) >= 11 is 0. The van der Waals surface area contributed by atoms with Gasteiger partial charge in [0.05, 0.1) is 5.75 Å². The molecule has 1 atom stereocenters. The molecule has 0 fully saturated rings. The van der Waals surface area contributed by atoms with Gasteiger partial charge in [-0.05, 0) is 32.2 Å². The van der Waals surface area contributed by atoms with Crippen LogP contribution in [-0.4, -0.2) is 44.2 Å². The number of unbranched alkanes of at least 4 members (excludes halogenated alkanes) is 1. The molecule has 0 saturated heterocycles. The van der Waals surface area contributed by atoms with Crippen LogP contribution in [0.25, 0.3) is 0 Å². The number of rotatable bonds is 9. The Bertz CT molecular complexity index is 313. The quantitative estimate of drug-likeness (QED) is 0.657. The fourth-order valence-electron chi connectivity index (χ4n) is 1.62. The zero-order valence-corrected chi connectivity index (χ0v) is 13.5. The van der Waals surface area contributed by atoms with E-state index in [-0.39, 0.29) is 11.8 Å². The van der Waals surface area contributed by atoms with E-state index in [9.17, 15) is 8.42 Å². The Morgan fingerprint density at radius 3 is 2.06 bits per heavy atom. The molecular formula is C13H30N2O2S. The summed E-state index contributed by atoms with van der Waals surface area (Å²) in [5, 5.41) is 3.29. The molecule has 4 nitrogen and oxygen atoms in total. The molecule has 0 spiro atoms. The lowest BCUT2D eigenvalue weighted by molar-refractivity contribution is 0.315. The van der Waals surface area contributed by atoms with Crippen LogP contribution < -0.4 is 5.32 Å². The van der Waals surface area contributed by atoms with Crippen molar-refractivity contribution in [2.75, 3.05) is 19.3 Å². The maximum Gasteiger partial charge on any atom is 0.214 e. The molecule has 0 aliphatic rings. The summed E-state index contributed by atoms with van der Waals surface area (Å²) in [5.41, 5.74) is 0. The van der Waals surface area contributed by atoms with Crippen molar-refractivity contribution in [3.05, 3.63) is 0 Å². The van der Waals surface area contributed by atoms with Crippen LogP contribution >= 0.6 is 0 Å². The second kappa shape index (κ2) is 8.12. The lowest BCUT2D eigenvalue weighted by Crippen LogP contribution is -2.39. The molecule has 110 valence electrons. The predicted octanol–water partition coefficient (Wildman–Crippen LogP) is 2.07. The van der Waals surface area contributed by atoms with Gasteiger partial charge in [0.15, 0.2) is 0 Å². The first-order chi connectivity index (χ1) is 8.18. The second-order valence-electron chi connectivity index (χ2n) is 5.63. The van der Waals surface area contributed by atoms with E-state index in [1.807, 2.05) is 20.8 Å². The predicted molar refractivity (Wildman–Crippen MR) is 78.2 cm³/mol. The first-order valence-electron chi connectivity index (χ1n) is 6.87. The van der Waals surface area contributed by atoms with Crippen LogP contribution in [0.3, 0.4) is 0 Å². The van der Waals surface area contributed by atoms with Crippen molar-refractivity contribution in [3.8, 4) is 0 Å². The average molecular weight is 278 g/mol. The minimum Gasteiger partial charge on any atom is -0.315 e. The molecule has 0 aromatic rings. The second-order valence-corrected chi connectivity index (χ2v) is 7.78. The van der Waals surface area contributed by atoms with Crippen molar-refractivity contribution in [1.29, 1.82) is 0 Å². The lowest BCUT2D eigenvalue weighted by Gasteiger charge is -2.27. The monoisotopic (exact) mass is 278 g/mol. The fraction of sp³-hybridized carbons (Fsp3) is 1.00. The molecule has 1 unspecified atom stereocenters. The first kappa shape index (κ1) is 17.9. The van der Waals surface area contributed by atoms with Crippen molar-refractivity contribution in [2.45, 2.75) is 59.5 Å². The minimum absolute atomic E-state index is 0.0591.